The van der Waals surface area contributed by atoms with Gasteiger partial charge in [-0.05, 0) is 42.2 Å². The van der Waals surface area contributed by atoms with E-state index in [1.807, 2.05) is 30.3 Å². The zero-order chi connectivity index (χ0) is 13.4. The molecule has 2 aromatic carbocycles. The minimum absolute atomic E-state index is 0.153. The third kappa shape index (κ3) is 2.28. The van der Waals surface area contributed by atoms with Crippen LogP contribution in [0.15, 0.2) is 47.3 Å². The van der Waals surface area contributed by atoms with Gasteiger partial charge in [-0.15, -0.1) is 11.3 Å². The molecule has 3 rings (SSSR count). The fourth-order valence-corrected chi connectivity index (χ4v) is 3.58. The molecule has 0 bridgehead atoms. The summed E-state index contributed by atoms with van der Waals surface area (Å²) in [5, 5.41) is 1.67. The molecule has 1 aromatic heterocycles. The van der Waals surface area contributed by atoms with Crippen LogP contribution in [-0.4, -0.2) is 0 Å². The Morgan fingerprint density at radius 1 is 1.00 bits per heavy atom. The normalized spacial score (nSPS) is 11.5. The van der Waals surface area contributed by atoms with Crippen molar-refractivity contribution in [1.29, 1.82) is 0 Å². The van der Waals surface area contributed by atoms with E-state index in [9.17, 15) is 4.79 Å². The summed E-state index contributed by atoms with van der Waals surface area (Å²) in [6.07, 6.45) is 1.06. The lowest BCUT2D eigenvalue weighted by Crippen LogP contribution is -2.01. The van der Waals surface area contributed by atoms with Crippen LogP contribution in [0, 0.1) is 5.92 Å². The topological polar surface area (TPSA) is 17.1 Å². The summed E-state index contributed by atoms with van der Waals surface area (Å²) in [4.78, 5) is 12.4. The third-order valence-electron chi connectivity index (χ3n) is 3.29. The zero-order valence-corrected chi connectivity index (χ0v) is 12.0. The Morgan fingerprint density at radius 3 is 2.53 bits per heavy atom. The molecule has 0 fully saturated rings. The Labute approximate surface area is 116 Å². The van der Waals surface area contributed by atoms with Crippen LogP contribution in [0.1, 0.15) is 19.4 Å². The predicted octanol–water partition coefficient (Wildman–Crippen LogP) is 4.61. The average Bonchev–Trinajstić information content (AvgIpc) is 2.38. The molecule has 0 spiro atoms. The van der Waals surface area contributed by atoms with Crippen LogP contribution in [0.25, 0.3) is 20.2 Å². The van der Waals surface area contributed by atoms with Crippen molar-refractivity contribution in [1.82, 2.24) is 0 Å². The van der Waals surface area contributed by atoms with E-state index in [0.717, 1.165) is 26.6 Å². The average molecular weight is 268 g/mol. The van der Waals surface area contributed by atoms with Crippen LogP contribution < -0.4 is 5.43 Å². The smallest absolute Gasteiger partial charge is 0.195 e. The van der Waals surface area contributed by atoms with Crippen molar-refractivity contribution in [2.45, 2.75) is 20.3 Å². The van der Waals surface area contributed by atoms with Crippen LogP contribution >= 0.6 is 11.3 Å². The summed E-state index contributed by atoms with van der Waals surface area (Å²) >= 11 is 1.71. The highest BCUT2D eigenvalue weighted by Crippen LogP contribution is 2.25. The lowest BCUT2D eigenvalue weighted by Gasteiger charge is -2.06. The summed E-state index contributed by atoms with van der Waals surface area (Å²) in [6, 6.07) is 14.1. The first-order valence-corrected chi connectivity index (χ1v) is 7.41. The maximum Gasteiger partial charge on any atom is 0.195 e. The second-order valence-electron chi connectivity index (χ2n) is 5.36. The number of hydrogen-bond acceptors (Lipinski definition) is 2. The van der Waals surface area contributed by atoms with Gasteiger partial charge >= 0.3 is 0 Å². The van der Waals surface area contributed by atoms with Crippen LogP contribution in [0.5, 0.6) is 0 Å². The van der Waals surface area contributed by atoms with Crippen LogP contribution in [0.3, 0.4) is 0 Å². The molecule has 1 nitrogen and oxygen atoms in total. The maximum absolute atomic E-state index is 12.4. The van der Waals surface area contributed by atoms with Gasteiger partial charge in [0.15, 0.2) is 5.43 Å². The second kappa shape index (κ2) is 4.78. The fraction of sp³-hybridized carbons (Fsp3) is 0.235. The molecule has 0 aliphatic rings. The van der Waals surface area contributed by atoms with Gasteiger partial charge in [-0.2, -0.15) is 0 Å². The Hall–Kier alpha value is -1.67. The van der Waals surface area contributed by atoms with Crippen LogP contribution in [0.2, 0.25) is 0 Å². The molecule has 0 N–H and O–H groups in total. The summed E-state index contributed by atoms with van der Waals surface area (Å²) in [5.74, 6) is 0.634. The van der Waals surface area contributed by atoms with Crippen molar-refractivity contribution in [3.63, 3.8) is 0 Å². The summed E-state index contributed by atoms with van der Waals surface area (Å²) in [5.41, 5.74) is 1.47. The number of rotatable bonds is 2. The van der Waals surface area contributed by atoms with E-state index in [4.69, 9.17) is 0 Å². The van der Waals surface area contributed by atoms with Crippen LogP contribution in [0.4, 0.5) is 0 Å². The Bertz CT molecular complexity index is 799. The molecule has 2 heteroatoms. The lowest BCUT2D eigenvalue weighted by atomic mass is 10.0. The maximum atomic E-state index is 12.4. The van der Waals surface area contributed by atoms with Gasteiger partial charge in [0.2, 0.25) is 0 Å². The first-order chi connectivity index (χ1) is 9.15. The van der Waals surface area contributed by atoms with E-state index < -0.39 is 0 Å². The number of benzene rings is 2. The molecule has 3 aromatic rings. The first kappa shape index (κ1) is 12.4. The Kier molecular flexibility index (Phi) is 3.11. The molecule has 0 saturated carbocycles. The van der Waals surface area contributed by atoms with Crippen molar-refractivity contribution in [3.8, 4) is 0 Å². The zero-order valence-electron chi connectivity index (χ0n) is 11.1. The molecular weight excluding hydrogens is 252 g/mol. The van der Waals surface area contributed by atoms with Crippen molar-refractivity contribution in [2.24, 2.45) is 5.92 Å². The second-order valence-corrected chi connectivity index (χ2v) is 6.44. The van der Waals surface area contributed by atoms with Crippen molar-refractivity contribution < 1.29 is 0 Å². The molecule has 96 valence electrons. The van der Waals surface area contributed by atoms with E-state index in [2.05, 4.69) is 26.0 Å². The molecule has 0 atom stereocenters. The van der Waals surface area contributed by atoms with Gasteiger partial charge in [0.25, 0.3) is 0 Å². The van der Waals surface area contributed by atoms with Crippen molar-refractivity contribution in [2.75, 3.05) is 0 Å². The van der Waals surface area contributed by atoms with Gasteiger partial charge in [0.05, 0.1) is 0 Å². The Balaban J connectivity index is 2.29. The Morgan fingerprint density at radius 2 is 1.74 bits per heavy atom. The van der Waals surface area contributed by atoms with Gasteiger partial charge in [0.1, 0.15) is 0 Å². The third-order valence-corrected chi connectivity index (χ3v) is 4.42. The highest BCUT2D eigenvalue weighted by Gasteiger charge is 2.06. The monoisotopic (exact) mass is 268 g/mol. The molecular formula is C17H16OS. The van der Waals surface area contributed by atoms with Gasteiger partial charge < -0.3 is 0 Å². The lowest BCUT2D eigenvalue weighted by molar-refractivity contribution is 0.648. The van der Waals surface area contributed by atoms with Gasteiger partial charge in [0, 0.05) is 20.2 Å². The summed E-state index contributed by atoms with van der Waals surface area (Å²) in [7, 11) is 0. The van der Waals surface area contributed by atoms with E-state index in [-0.39, 0.29) is 5.43 Å². The quantitative estimate of drug-likeness (QED) is 0.620. The van der Waals surface area contributed by atoms with Crippen LogP contribution in [-0.2, 0) is 6.42 Å². The highest BCUT2D eigenvalue weighted by atomic mass is 32.1. The molecule has 0 unspecified atom stereocenters. The molecule has 1 heterocycles. The van der Waals surface area contributed by atoms with Crippen molar-refractivity contribution in [3.05, 3.63) is 58.3 Å². The summed E-state index contributed by atoms with van der Waals surface area (Å²) < 4.78 is 2.17. The minimum atomic E-state index is 0.153. The van der Waals surface area contributed by atoms with E-state index in [0.29, 0.717) is 5.92 Å². The van der Waals surface area contributed by atoms with Crippen molar-refractivity contribution >= 4 is 31.5 Å². The standard InChI is InChI=1S/C17H16OS/c1-11(2)9-12-7-8-14-16(10-12)19-15-6-4-3-5-13(15)17(14)18/h3-8,10-11H,9H2,1-2H3. The van der Waals surface area contributed by atoms with E-state index in [1.165, 1.54) is 5.56 Å². The molecule has 0 amide bonds. The molecule has 0 saturated heterocycles. The number of hydrogen-bond donors (Lipinski definition) is 0. The fourth-order valence-electron chi connectivity index (χ4n) is 2.44. The molecule has 0 aliphatic carbocycles. The van der Waals surface area contributed by atoms with Gasteiger partial charge in [-0.3, -0.25) is 4.79 Å². The molecule has 19 heavy (non-hydrogen) atoms. The van der Waals surface area contributed by atoms with E-state index >= 15 is 0 Å². The van der Waals surface area contributed by atoms with Gasteiger partial charge in [-0.1, -0.05) is 32.0 Å². The summed E-state index contributed by atoms with van der Waals surface area (Å²) in [6.45, 7) is 4.43. The minimum Gasteiger partial charge on any atom is -0.289 e. The number of fused-ring (bicyclic) bond motifs is 2. The van der Waals surface area contributed by atoms with Gasteiger partial charge in [-0.25, -0.2) is 0 Å². The molecule has 0 aliphatic heterocycles. The first-order valence-electron chi connectivity index (χ1n) is 6.59. The SMILES string of the molecule is CC(C)Cc1ccc2c(=O)c3ccccc3sc2c1. The predicted molar refractivity (Wildman–Crippen MR) is 84.1 cm³/mol. The largest absolute Gasteiger partial charge is 0.289 e. The molecule has 0 radical (unpaired) electrons. The van der Waals surface area contributed by atoms with E-state index in [1.54, 1.807) is 11.3 Å². The highest BCUT2D eigenvalue weighted by molar-refractivity contribution is 7.24.